The van der Waals surface area contributed by atoms with Gasteiger partial charge in [0.1, 0.15) is 0 Å². The van der Waals surface area contributed by atoms with Crippen molar-refractivity contribution >= 4 is 28.9 Å². The first-order chi connectivity index (χ1) is 23.3. The Balaban J connectivity index is 1.20. The molecule has 0 aliphatic carbocycles. The van der Waals surface area contributed by atoms with E-state index in [1.807, 2.05) is 48.5 Å². The van der Waals surface area contributed by atoms with E-state index in [1.165, 1.54) is 0 Å². The molecule has 12 nitrogen and oxygen atoms in total. The molecule has 12 heteroatoms. The Labute approximate surface area is 280 Å². The van der Waals surface area contributed by atoms with Gasteiger partial charge in [0.2, 0.25) is 5.91 Å². The second kappa shape index (κ2) is 17.2. The maximum atomic E-state index is 12.6. The molecule has 2 fully saturated rings. The number of non-ortho nitro benzene ring substituents is 1. The molecule has 3 atom stereocenters. The fraction of sp³-hybridized carbons (Fsp3) is 0.444. The Morgan fingerprint density at radius 2 is 1.58 bits per heavy atom. The van der Waals surface area contributed by atoms with Crippen LogP contribution in [0.4, 0.5) is 17.1 Å². The van der Waals surface area contributed by atoms with Crippen molar-refractivity contribution in [3.05, 3.63) is 99.6 Å². The maximum Gasteiger partial charge on any atom is 0.303 e. The summed E-state index contributed by atoms with van der Waals surface area (Å²) in [6.07, 6.45) is 3.05. The number of benzene rings is 3. The number of nitro groups is 1. The highest BCUT2D eigenvalue weighted by Crippen LogP contribution is 2.39. The van der Waals surface area contributed by atoms with Crippen LogP contribution in [0.2, 0.25) is 0 Å². The minimum Gasteiger partial charge on any atom is -0.481 e. The number of nitro benzene ring substituents is 1. The molecule has 2 saturated heterocycles. The van der Waals surface area contributed by atoms with E-state index in [9.17, 15) is 24.8 Å². The number of amides is 1. The Morgan fingerprint density at radius 3 is 2.25 bits per heavy atom. The monoisotopic (exact) mass is 660 g/mol. The number of carboxylic acid groups (broad SMARTS) is 1. The molecular weight excluding hydrogens is 616 g/mol. The van der Waals surface area contributed by atoms with Gasteiger partial charge in [-0.05, 0) is 48.2 Å². The zero-order valence-electron chi connectivity index (χ0n) is 27.0. The standard InChI is InChI=1S/C36H44N4O8/c41-25-26-10-12-27(13-11-26)33-23-32(24-38-18-20-39(21-19-38)30-14-16-31(17-15-30)40(45)46)47-36(48-33)28-6-5-7-29(22-28)37-34(42)8-3-1-2-4-9-35(43)44/h5-7,10-17,22,32-33,36,41H,1-4,8-9,18-21,23-25H2,(H,37,42)(H,43,44)/t32-,33+,36+/m0/s1. The van der Waals surface area contributed by atoms with Crippen LogP contribution in [0.25, 0.3) is 0 Å². The summed E-state index contributed by atoms with van der Waals surface area (Å²) in [6.45, 7) is 3.90. The highest BCUT2D eigenvalue weighted by atomic mass is 16.7. The van der Waals surface area contributed by atoms with E-state index >= 15 is 0 Å². The van der Waals surface area contributed by atoms with E-state index in [-0.39, 0.29) is 41.8 Å². The summed E-state index contributed by atoms with van der Waals surface area (Å²) in [5.74, 6) is -0.890. The van der Waals surface area contributed by atoms with Crippen molar-refractivity contribution in [2.24, 2.45) is 0 Å². The molecule has 0 radical (unpaired) electrons. The van der Waals surface area contributed by atoms with Crippen LogP contribution in [0, 0.1) is 10.1 Å². The number of carbonyl (C=O) groups excluding carboxylic acids is 1. The lowest BCUT2D eigenvalue weighted by Crippen LogP contribution is -2.49. The lowest BCUT2D eigenvalue weighted by Gasteiger charge is -2.41. The molecule has 2 aliphatic heterocycles. The summed E-state index contributed by atoms with van der Waals surface area (Å²) in [4.78, 5) is 38.6. The highest BCUT2D eigenvalue weighted by molar-refractivity contribution is 5.90. The number of carboxylic acids is 1. The molecule has 1 amide bonds. The average Bonchev–Trinajstić information content (AvgIpc) is 3.10. The molecule has 2 heterocycles. The Kier molecular flexibility index (Phi) is 12.5. The number of nitrogens with zero attached hydrogens (tertiary/aromatic N) is 3. The smallest absolute Gasteiger partial charge is 0.303 e. The molecule has 2 aliphatic rings. The van der Waals surface area contributed by atoms with Gasteiger partial charge in [-0.1, -0.05) is 49.2 Å². The molecule has 0 spiro atoms. The predicted octanol–water partition coefficient (Wildman–Crippen LogP) is 5.82. The van der Waals surface area contributed by atoms with Crippen molar-refractivity contribution in [2.45, 2.75) is 70.1 Å². The lowest BCUT2D eigenvalue weighted by molar-refractivity contribution is -0.384. The lowest BCUT2D eigenvalue weighted by atomic mass is 9.99. The summed E-state index contributed by atoms with van der Waals surface area (Å²) in [6, 6.07) is 22.0. The van der Waals surface area contributed by atoms with Crippen LogP contribution in [-0.4, -0.2) is 70.7 Å². The first-order valence-corrected chi connectivity index (χ1v) is 16.6. The van der Waals surface area contributed by atoms with Gasteiger partial charge in [0.25, 0.3) is 5.69 Å². The average molecular weight is 661 g/mol. The maximum absolute atomic E-state index is 12.6. The second-order valence-corrected chi connectivity index (χ2v) is 12.4. The third kappa shape index (κ3) is 10.1. The number of aliphatic hydroxyl groups excluding tert-OH is 1. The number of hydrogen-bond donors (Lipinski definition) is 3. The number of ether oxygens (including phenoxy) is 2. The van der Waals surface area contributed by atoms with Crippen molar-refractivity contribution in [1.82, 2.24) is 4.90 Å². The Bertz CT molecular complexity index is 1510. The molecular formula is C36H44N4O8. The Hall–Kier alpha value is -4.36. The van der Waals surface area contributed by atoms with Crippen molar-refractivity contribution in [2.75, 3.05) is 42.9 Å². The molecule has 0 bridgehead atoms. The quantitative estimate of drug-likeness (QED) is 0.103. The number of rotatable bonds is 15. The second-order valence-electron chi connectivity index (χ2n) is 12.4. The molecule has 3 aromatic rings. The van der Waals surface area contributed by atoms with E-state index in [0.29, 0.717) is 37.9 Å². The highest BCUT2D eigenvalue weighted by Gasteiger charge is 2.34. The summed E-state index contributed by atoms with van der Waals surface area (Å²) in [5.41, 5.74) is 4.33. The molecule has 0 unspecified atom stereocenters. The van der Waals surface area contributed by atoms with Crippen molar-refractivity contribution in [1.29, 1.82) is 0 Å². The molecule has 3 N–H and O–H groups in total. The number of nitrogens with one attached hydrogen (secondary N) is 1. The zero-order chi connectivity index (χ0) is 33.9. The molecule has 256 valence electrons. The number of piperazine rings is 1. The van der Waals surface area contributed by atoms with Crippen LogP contribution in [0.5, 0.6) is 0 Å². The van der Waals surface area contributed by atoms with E-state index in [1.54, 1.807) is 24.3 Å². The largest absolute Gasteiger partial charge is 0.481 e. The summed E-state index contributed by atoms with van der Waals surface area (Å²) in [7, 11) is 0. The molecule has 48 heavy (non-hydrogen) atoms. The minimum absolute atomic E-state index is 0.0325. The van der Waals surface area contributed by atoms with Crippen molar-refractivity contribution in [3.8, 4) is 0 Å². The summed E-state index contributed by atoms with van der Waals surface area (Å²) in [5, 5.41) is 32.3. The summed E-state index contributed by atoms with van der Waals surface area (Å²) >= 11 is 0. The van der Waals surface area contributed by atoms with Gasteiger partial charge in [0.15, 0.2) is 6.29 Å². The minimum atomic E-state index is -0.796. The van der Waals surface area contributed by atoms with Crippen LogP contribution >= 0.6 is 0 Å². The van der Waals surface area contributed by atoms with Gasteiger partial charge in [-0.3, -0.25) is 24.6 Å². The topological polar surface area (TPSA) is 155 Å². The number of carbonyl (C=O) groups is 2. The van der Waals surface area contributed by atoms with Crippen LogP contribution in [-0.2, 0) is 25.7 Å². The van der Waals surface area contributed by atoms with E-state index in [0.717, 1.165) is 61.4 Å². The predicted molar refractivity (Wildman–Crippen MR) is 181 cm³/mol. The van der Waals surface area contributed by atoms with Gasteiger partial charge in [-0.15, -0.1) is 0 Å². The normalized spacial score (nSPS) is 19.9. The third-order valence-electron chi connectivity index (χ3n) is 8.86. The van der Waals surface area contributed by atoms with Crippen LogP contribution in [0.15, 0.2) is 72.8 Å². The number of aliphatic carboxylic acids is 1. The van der Waals surface area contributed by atoms with Gasteiger partial charge in [0, 0.05) is 81.1 Å². The van der Waals surface area contributed by atoms with Gasteiger partial charge in [-0.25, -0.2) is 0 Å². The zero-order valence-corrected chi connectivity index (χ0v) is 27.0. The van der Waals surface area contributed by atoms with Crippen molar-refractivity contribution < 1.29 is 34.2 Å². The first kappa shape index (κ1) is 35.0. The fourth-order valence-electron chi connectivity index (χ4n) is 6.20. The SMILES string of the molecule is O=C(O)CCCCCCC(=O)Nc1cccc([C@@H]2O[C@H](CN3CCN(c4ccc([N+](=O)[O-])cc4)CC3)C[C@H](c3ccc(CO)cc3)O2)c1. The number of unbranched alkanes of at least 4 members (excludes halogenated alkanes) is 3. The third-order valence-corrected chi connectivity index (χ3v) is 8.86. The van der Waals surface area contributed by atoms with E-state index < -0.39 is 12.3 Å². The number of aliphatic hydroxyl groups is 1. The molecule has 0 saturated carbocycles. The van der Waals surface area contributed by atoms with Gasteiger partial charge in [0.05, 0.1) is 23.7 Å². The van der Waals surface area contributed by atoms with Crippen LogP contribution in [0.1, 0.15) is 74.0 Å². The first-order valence-electron chi connectivity index (χ1n) is 16.6. The van der Waals surface area contributed by atoms with Crippen LogP contribution in [0.3, 0.4) is 0 Å². The van der Waals surface area contributed by atoms with Gasteiger partial charge >= 0.3 is 5.97 Å². The summed E-state index contributed by atoms with van der Waals surface area (Å²) < 4.78 is 13.1. The van der Waals surface area contributed by atoms with Crippen LogP contribution < -0.4 is 10.2 Å². The molecule has 0 aromatic heterocycles. The molecule has 5 rings (SSSR count). The van der Waals surface area contributed by atoms with E-state index in [4.69, 9.17) is 14.6 Å². The Morgan fingerprint density at radius 1 is 0.875 bits per heavy atom. The number of hydrogen-bond acceptors (Lipinski definition) is 9. The fourth-order valence-corrected chi connectivity index (χ4v) is 6.20. The van der Waals surface area contributed by atoms with Crippen molar-refractivity contribution in [3.63, 3.8) is 0 Å². The van der Waals surface area contributed by atoms with Gasteiger partial charge in [-0.2, -0.15) is 0 Å². The van der Waals surface area contributed by atoms with E-state index in [2.05, 4.69) is 15.1 Å². The van der Waals surface area contributed by atoms with Gasteiger partial charge < -0.3 is 29.9 Å². The number of anilines is 2. The molecule has 3 aromatic carbocycles.